The lowest BCUT2D eigenvalue weighted by atomic mass is 9.84. The highest BCUT2D eigenvalue weighted by atomic mass is 16.2. The van der Waals surface area contributed by atoms with Crippen LogP contribution in [0.5, 0.6) is 0 Å². The Balaban J connectivity index is 1.30. The molecule has 1 aliphatic carbocycles. The number of nitrogens with zero attached hydrogens (tertiary/aromatic N) is 2. The van der Waals surface area contributed by atoms with Gasteiger partial charge in [-0.05, 0) is 61.4 Å². The first-order valence-corrected chi connectivity index (χ1v) is 12.2. The van der Waals surface area contributed by atoms with Crippen LogP contribution in [-0.2, 0) is 16.1 Å². The van der Waals surface area contributed by atoms with E-state index >= 15 is 0 Å². The van der Waals surface area contributed by atoms with Crippen molar-refractivity contribution < 1.29 is 14.4 Å². The number of fused-ring (bicyclic) bond motifs is 1. The van der Waals surface area contributed by atoms with Gasteiger partial charge in [0.1, 0.15) is 6.04 Å². The van der Waals surface area contributed by atoms with Crippen LogP contribution in [-0.4, -0.2) is 41.2 Å². The van der Waals surface area contributed by atoms with Crippen LogP contribution in [0.15, 0.2) is 54.6 Å². The Morgan fingerprint density at radius 2 is 1.79 bits per heavy atom. The molecule has 3 fully saturated rings. The van der Waals surface area contributed by atoms with Gasteiger partial charge in [-0.1, -0.05) is 43.2 Å². The summed E-state index contributed by atoms with van der Waals surface area (Å²) in [7, 11) is 0. The normalized spacial score (nSPS) is 24.6. The van der Waals surface area contributed by atoms with Crippen molar-refractivity contribution in [3.8, 4) is 0 Å². The minimum Gasteiger partial charge on any atom is -0.350 e. The summed E-state index contributed by atoms with van der Waals surface area (Å²) in [5.41, 5.74) is 2.48. The summed E-state index contributed by atoms with van der Waals surface area (Å²) in [6, 6.07) is 16.8. The smallest absolute Gasteiger partial charge is 0.254 e. The van der Waals surface area contributed by atoms with Crippen molar-refractivity contribution >= 4 is 23.4 Å². The number of rotatable bonds is 5. The third-order valence-electron chi connectivity index (χ3n) is 7.41. The van der Waals surface area contributed by atoms with Gasteiger partial charge in [0.05, 0.1) is 0 Å². The molecule has 2 aromatic carbocycles. The molecule has 3 atom stereocenters. The lowest BCUT2D eigenvalue weighted by molar-refractivity contribution is -0.125. The summed E-state index contributed by atoms with van der Waals surface area (Å²) < 4.78 is 0. The molecule has 0 spiro atoms. The summed E-state index contributed by atoms with van der Waals surface area (Å²) in [6.07, 6.45) is 6.54. The fourth-order valence-electron chi connectivity index (χ4n) is 5.78. The molecule has 3 amide bonds. The number of benzene rings is 2. The average Bonchev–Trinajstić information content (AvgIpc) is 3.46. The number of hydrogen-bond acceptors (Lipinski definition) is 3. The zero-order valence-electron chi connectivity index (χ0n) is 18.9. The lowest BCUT2D eigenvalue weighted by Crippen LogP contribution is -2.49. The predicted octanol–water partition coefficient (Wildman–Crippen LogP) is 3.90. The number of hydrogen-bond donors (Lipinski definition) is 1. The van der Waals surface area contributed by atoms with Gasteiger partial charge in [0, 0.05) is 36.8 Å². The molecule has 33 heavy (non-hydrogen) atoms. The molecule has 6 heteroatoms. The standard InChI is InChI=1S/C27H31N3O3/c31-25-14-7-15-29(25)22-12-6-8-19(16-22)18-28-26(32)24-17-21-11-4-5-13-23(21)30(24)27(33)20-9-2-1-3-10-20/h1-3,6,8-10,12,16,21,23-24H,4-5,7,11,13-15,17-18H2,(H,28,32). The first-order valence-electron chi connectivity index (χ1n) is 12.2. The van der Waals surface area contributed by atoms with Crippen LogP contribution in [0.3, 0.4) is 0 Å². The van der Waals surface area contributed by atoms with E-state index in [4.69, 9.17) is 0 Å². The SMILES string of the molecule is O=C(NCc1cccc(N2CCCC2=O)c1)C1CC2CCCCC2N1C(=O)c1ccccc1. The third-order valence-corrected chi connectivity index (χ3v) is 7.41. The number of likely N-dealkylation sites (tertiary alicyclic amines) is 1. The van der Waals surface area contributed by atoms with E-state index in [2.05, 4.69) is 5.32 Å². The van der Waals surface area contributed by atoms with E-state index in [1.165, 1.54) is 6.42 Å². The maximum Gasteiger partial charge on any atom is 0.254 e. The molecule has 0 aromatic heterocycles. The number of nitrogens with one attached hydrogen (secondary N) is 1. The highest BCUT2D eigenvalue weighted by Gasteiger charge is 2.47. The second-order valence-corrected chi connectivity index (χ2v) is 9.48. The van der Waals surface area contributed by atoms with E-state index < -0.39 is 6.04 Å². The van der Waals surface area contributed by atoms with Crippen LogP contribution < -0.4 is 10.2 Å². The summed E-state index contributed by atoms with van der Waals surface area (Å²) in [6.45, 7) is 1.13. The molecule has 1 saturated carbocycles. The molecule has 172 valence electrons. The molecule has 0 bridgehead atoms. The molecule has 6 nitrogen and oxygen atoms in total. The Labute approximate surface area is 194 Å². The van der Waals surface area contributed by atoms with Crippen molar-refractivity contribution in [2.24, 2.45) is 5.92 Å². The molecule has 2 aromatic rings. The predicted molar refractivity (Wildman–Crippen MR) is 127 cm³/mol. The summed E-state index contributed by atoms with van der Waals surface area (Å²) >= 11 is 0. The Morgan fingerprint density at radius 3 is 2.58 bits per heavy atom. The quantitative estimate of drug-likeness (QED) is 0.759. The highest BCUT2D eigenvalue weighted by molar-refractivity contribution is 5.98. The van der Waals surface area contributed by atoms with Gasteiger partial charge < -0.3 is 15.1 Å². The van der Waals surface area contributed by atoms with Gasteiger partial charge >= 0.3 is 0 Å². The Morgan fingerprint density at radius 1 is 0.970 bits per heavy atom. The van der Waals surface area contributed by atoms with Crippen LogP contribution in [0.1, 0.15) is 60.9 Å². The molecule has 3 aliphatic rings. The first-order chi connectivity index (χ1) is 16.1. The summed E-state index contributed by atoms with van der Waals surface area (Å²) in [5, 5.41) is 3.08. The molecular weight excluding hydrogens is 414 g/mol. The molecule has 2 heterocycles. The van der Waals surface area contributed by atoms with Gasteiger partial charge in [0.2, 0.25) is 11.8 Å². The van der Waals surface area contributed by atoms with Crippen molar-refractivity contribution in [1.82, 2.24) is 10.2 Å². The minimum atomic E-state index is -0.436. The van der Waals surface area contributed by atoms with Crippen molar-refractivity contribution in [3.63, 3.8) is 0 Å². The van der Waals surface area contributed by atoms with E-state index in [1.807, 2.05) is 64.4 Å². The van der Waals surface area contributed by atoms with Crippen molar-refractivity contribution in [2.75, 3.05) is 11.4 Å². The van der Waals surface area contributed by atoms with Gasteiger partial charge in [-0.2, -0.15) is 0 Å². The van der Waals surface area contributed by atoms with Gasteiger partial charge in [0.15, 0.2) is 0 Å². The molecule has 2 saturated heterocycles. The maximum atomic E-state index is 13.4. The van der Waals surface area contributed by atoms with E-state index in [0.717, 1.165) is 49.9 Å². The van der Waals surface area contributed by atoms with Gasteiger partial charge in [-0.15, -0.1) is 0 Å². The molecule has 3 unspecified atom stereocenters. The van der Waals surface area contributed by atoms with Crippen molar-refractivity contribution in [2.45, 2.75) is 63.6 Å². The zero-order valence-corrected chi connectivity index (χ0v) is 18.9. The number of carbonyl (C=O) groups is 3. The zero-order chi connectivity index (χ0) is 22.8. The van der Waals surface area contributed by atoms with Crippen LogP contribution in [0, 0.1) is 5.92 Å². The van der Waals surface area contributed by atoms with E-state index in [9.17, 15) is 14.4 Å². The Kier molecular flexibility index (Phi) is 6.16. The molecule has 5 rings (SSSR count). The number of anilines is 1. The number of carbonyl (C=O) groups excluding carboxylic acids is 3. The summed E-state index contributed by atoms with van der Waals surface area (Å²) in [5.74, 6) is 0.419. The van der Waals surface area contributed by atoms with E-state index in [-0.39, 0.29) is 23.8 Å². The first kappa shape index (κ1) is 21.7. The van der Waals surface area contributed by atoms with Gasteiger partial charge in [-0.25, -0.2) is 0 Å². The Bertz CT molecular complexity index is 1040. The lowest BCUT2D eigenvalue weighted by Gasteiger charge is -2.33. The molecule has 2 aliphatic heterocycles. The minimum absolute atomic E-state index is 0.0420. The van der Waals surface area contributed by atoms with Crippen LogP contribution in [0.25, 0.3) is 0 Å². The van der Waals surface area contributed by atoms with E-state index in [0.29, 0.717) is 24.4 Å². The molecule has 0 radical (unpaired) electrons. The van der Waals surface area contributed by atoms with Crippen LogP contribution in [0.2, 0.25) is 0 Å². The fourth-order valence-corrected chi connectivity index (χ4v) is 5.78. The average molecular weight is 446 g/mol. The van der Waals surface area contributed by atoms with Gasteiger partial charge in [-0.3, -0.25) is 14.4 Å². The van der Waals surface area contributed by atoms with Crippen LogP contribution >= 0.6 is 0 Å². The highest BCUT2D eigenvalue weighted by Crippen LogP contribution is 2.40. The van der Waals surface area contributed by atoms with Crippen molar-refractivity contribution in [3.05, 3.63) is 65.7 Å². The second kappa shape index (κ2) is 9.38. The monoisotopic (exact) mass is 445 g/mol. The largest absolute Gasteiger partial charge is 0.350 e. The Hall–Kier alpha value is -3.15. The second-order valence-electron chi connectivity index (χ2n) is 9.48. The maximum absolute atomic E-state index is 13.4. The van der Waals surface area contributed by atoms with Crippen LogP contribution in [0.4, 0.5) is 5.69 Å². The summed E-state index contributed by atoms with van der Waals surface area (Å²) in [4.78, 5) is 42.5. The van der Waals surface area contributed by atoms with Crippen molar-refractivity contribution in [1.29, 1.82) is 0 Å². The molecule has 1 N–H and O–H groups in total. The topological polar surface area (TPSA) is 69.7 Å². The van der Waals surface area contributed by atoms with E-state index in [1.54, 1.807) is 0 Å². The number of amides is 3. The molecular formula is C27H31N3O3. The van der Waals surface area contributed by atoms with Gasteiger partial charge in [0.25, 0.3) is 5.91 Å². The third kappa shape index (κ3) is 4.39. The fraction of sp³-hybridized carbons (Fsp3) is 0.444.